The van der Waals surface area contributed by atoms with Gasteiger partial charge in [-0.1, -0.05) is 121 Å². The summed E-state index contributed by atoms with van der Waals surface area (Å²) in [5.41, 5.74) is 4.84. The SMILES string of the molecule is c1ccc(-c2nc(-c3ccc4c(ccc5ccc6ccccc6c54)c3)nc(-c3ccnc4c3oc3ccc5ccccc5c34)n2)cc1. The van der Waals surface area contributed by atoms with Crippen molar-refractivity contribution in [1.82, 2.24) is 19.9 Å². The summed E-state index contributed by atoms with van der Waals surface area (Å²) in [7, 11) is 0. The Labute approximate surface area is 268 Å². The molecule has 10 aromatic rings. The fraction of sp³-hybridized carbons (Fsp3) is 0. The summed E-state index contributed by atoms with van der Waals surface area (Å²) >= 11 is 0. The summed E-state index contributed by atoms with van der Waals surface area (Å²) in [6, 6.07) is 48.2. The van der Waals surface area contributed by atoms with Crippen molar-refractivity contribution in [3.8, 4) is 34.2 Å². The van der Waals surface area contributed by atoms with Crippen LogP contribution in [0.3, 0.4) is 0 Å². The second kappa shape index (κ2) is 10.0. The molecule has 0 spiro atoms. The highest BCUT2D eigenvalue weighted by molar-refractivity contribution is 6.21. The maximum absolute atomic E-state index is 6.51. The minimum absolute atomic E-state index is 0.536. The number of hydrogen-bond acceptors (Lipinski definition) is 5. The Hall–Kier alpha value is -6.46. The van der Waals surface area contributed by atoms with E-state index >= 15 is 0 Å². The molecule has 7 aromatic carbocycles. The van der Waals surface area contributed by atoms with Gasteiger partial charge in [0.05, 0.1) is 10.9 Å². The zero-order valence-corrected chi connectivity index (χ0v) is 25.1. The molecular weight excluding hydrogens is 576 g/mol. The van der Waals surface area contributed by atoms with E-state index in [2.05, 4.69) is 84.9 Å². The average molecular weight is 601 g/mol. The summed E-state index contributed by atoms with van der Waals surface area (Å²) in [5, 5.41) is 10.5. The Morgan fingerprint density at radius 2 is 1.04 bits per heavy atom. The highest BCUT2D eigenvalue weighted by Gasteiger charge is 2.20. The van der Waals surface area contributed by atoms with Gasteiger partial charge in [-0.2, -0.15) is 0 Å². The van der Waals surface area contributed by atoms with Gasteiger partial charge < -0.3 is 4.42 Å². The first-order chi connectivity index (χ1) is 23.3. The van der Waals surface area contributed by atoms with Gasteiger partial charge in [-0.3, -0.25) is 4.98 Å². The van der Waals surface area contributed by atoms with Crippen LogP contribution in [0.2, 0.25) is 0 Å². The molecule has 0 aliphatic heterocycles. The van der Waals surface area contributed by atoms with Crippen LogP contribution in [0.15, 0.2) is 150 Å². The minimum Gasteiger partial charge on any atom is -0.454 e. The number of aromatic nitrogens is 4. The van der Waals surface area contributed by atoms with E-state index in [1.54, 1.807) is 0 Å². The van der Waals surface area contributed by atoms with Crippen molar-refractivity contribution in [3.63, 3.8) is 0 Å². The highest BCUT2D eigenvalue weighted by atomic mass is 16.3. The Kier molecular flexibility index (Phi) is 5.51. The summed E-state index contributed by atoms with van der Waals surface area (Å²) in [6.07, 6.45) is 1.81. The standard InChI is InChI=1S/C42H24N4O/c1-2-10-28(11-3-1)40-44-41(30-18-20-33-29(24-30)17-16-27-15-14-25-8-4-6-12-31(25)36(27)33)46-42(45-40)34-22-23-43-38-37-32-13-7-5-9-26(32)19-21-35(37)47-39(34)38/h1-24H. The molecule has 0 bridgehead atoms. The van der Waals surface area contributed by atoms with Gasteiger partial charge in [0.25, 0.3) is 0 Å². The van der Waals surface area contributed by atoms with Gasteiger partial charge in [-0.15, -0.1) is 0 Å². The van der Waals surface area contributed by atoms with Gasteiger partial charge in [0, 0.05) is 17.3 Å². The maximum atomic E-state index is 6.51. The molecule has 0 aliphatic carbocycles. The van der Waals surface area contributed by atoms with Crippen LogP contribution in [0.1, 0.15) is 0 Å². The molecule has 3 heterocycles. The lowest BCUT2D eigenvalue weighted by Crippen LogP contribution is -2.00. The molecule has 10 rings (SSSR count). The lowest BCUT2D eigenvalue weighted by Gasteiger charge is -2.11. The molecule has 0 N–H and O–H groups in total. The molecule has 0 fully saturated rings. The van der Waals surface area contributed by atoms with Gasteiger partial charge >= 0.3 is 0 Å². The second-order valence-corrected chi connectivity index (χ2v) is 11.9. The fourth-order valence-corrected chi connectivity index (χ4v) is 6.91. The second-order valence-electron chi connectivity index (χ2n) is 11.9. The monoisotopic (exact) mass is 600 g/mol. The van der Waals surface area contributed by atoms with E-state index < -0.39 is 0 Å². The first-order valence-electron chi connectivity index (χ1n) is 15.6. The molecule has 0 amide bonds. The number of fused-ring (bicyclic) bond motifs is 10. The topological polar surface area (TPSA) is 64.7 Å². The van der Waals surface area contributed by atoms with E-state index in [1.165, 1.54) is 26.9 Å². The van der Waals surface area contributed by atoms with E-state index in [0.717, 1.165) is 49.3 Å². The molecule has 47 heavy (non-hydrogen) atoms. The zero-order valence-electron chi connectivity index (χ0n) is 25.1. The van der Waals surface area contributed by atoms with E-state index in [4.69, 9.17) is 24.4 Å². The smallest absolute Gasteiger partial charge is 0.167 e. The van der Waals surface area contributed by atoms with Crippen LogP contribution in [0.4, 0.5) is 0 Å². The quantitative estimate of drug-likeness (QED) is 0.189. The molecule has 3 aromatic heterocycles. The molecule has 0 radical (unpaired) electrons. The molecule has 0 aliphatic rings. The number of pyridine rings is 1. The average Bonchev–Trinajstić information content (AvgIpc) is 3.54. The Morgan fingerprint density at radius 1 is 0.426 bits per heavy atom. The van der Waals surface area contributed by atoms with Crippen molar-refractivity contribution in [1.29, 1.82) is 0 Å². The van der Waals surface area contributed by atoms with Crippen LogP contribution in [-0.2, 0) is 0 Å². The third-order valence-electron chi connectivity index (χ3n) is 9.14. The van der Waals surface area contributed by atoms with Crippen molar-refractivity contribution < 1.29 is 4.42 Å². The van der Waals surface area contributed by atoms with Crippen molar-refractivity contribution in [2.75, 3.05) is 0 Å². The number of hydrogen-bond donors (Lipinski definition) is 0. The van der Waals surface area contributed by atoms with E-state index in [1.807, 2.05) is 60.8 Å². The van der Waals surface area contributed by atoms with Crippen LogP contribution >= 0.6 is 0 Å². The lowest BCUT2D eigenvalue weighted by atomic mass is 9.95. The van der Waals surface area contributed by atoms with Crippen molar-refractivity contribution >= 4 is 65.2 Å². The first kappa shape index (κ1) is 25.8. The van der Waals surface area contributed by atoms with Gasteiger partial charge in [-0.25, -0.2) is 15.0 Å². The highest BCUT2D eigenvalue weighted by Crippen LogP contribution is 2.38. The van der Waals surface area contributed by atoms with E-state index in [9.17, 15) is 0 Å². The van der Waals surface area contributed by atoms with Gasteiger partial charge in [0.2, 0.25) is 0 Å². The van der Waals surface area contributed by atoms with Gasteiger partial charge in [0.15, 0.2) is 23.1 Å². The van der Waals surface area contributed by atoms with Crippen molar-refractivity contribution in [2.45, 2.75) is 0 Å². The van der Waals surface area contributed by atoms with Crippen LogP contribution in [0.5, 0.6) is 0 Å². The van der Waals surface area contributed by atoms with E-state index in [0.29, 0.717) is 23.1 Å². The third-order valence-corrected chi connectivity index (χ3v) is 9.14. The minimum atomic E-state index is 0.536. The Morgan fingerprint density at radius 3 is 1.85 bits per heavy atom. The predicted octanol–water partition coefficient (Wildman–Crippen LogP) is 10.8. The number of furan rings is 1. The largest absolute Gasteiger partial charge is 0.454 e. The third kappa shape index (κ3) is 4.03. The maximum Gasteiger partial charge on any atom is 0.167 e. The van der Waals surface area contributed by atoms with Gasteiger partial charge in [0.1, 0.15) is 11.1 Å². The summed E-state index contributed by atoms with van der Waals surface area (Å²) in [6.45, 7) is 0. The van der Waals surface area contributed by atoms with Crippen LogP contribution in [0.25, 0.3) is 99.3 Å². The molecule has 0 saturated heterocycles. The molecule has 0 atom stereocenters. The molecule has 5 nitrogen and oxygen atoms in total. The molecular formula is C42H24N4O. The van der Waals surface area contributed by atoms with E-state index in [-0.39, 0.29) is 0 Å². The summed E-state index contributed by atoms with van der Waals surface area (Å²) in [5.74, 6) is 1.73. The van der Waals surface area contributed by atoms with Crippen molar-refractivity contribution in [2.24, 2.45) is 0 Å². The van der Waals surface area contributed by atoms with Gasteiger partial charge in [-0.05, 0) is 61.3 Å². The number of benzene rings is 7. The fourth-order valence-electron chi connectivity index (χ4n) is 6.91. The predicted molar refractivity (Wildman–Crippen MR) is 191 cm³/mol. The Balaban J connectivity index is 1.21. The normalized spacial score (nSPS) is 11.8. The van der Waals surface area contributed by atoms with Crippen molar-refractivity contribution in [3.05, 3.63) is 146 Å². The summed E-state index contributed by atoms with van der Waals surface area (Å²) in [4.78, 5) is 19.9. The Bertz CT molecular complexity index is 2860. The zero-order chi connectivity index (χ0) is 30.9. The van der Waals surface area contributed by atoms with Crippen LogP contribution in [0, 0.1) is 0 Å². The molecule has 5 heteroatoms. The molecule has 0 saturated carbocycles. The molecule has 0 unspecified atom stereocenters. The van der Waals surface area contributed by atoms with Crippen LogP contribution in [-0.4, -0.2) is 19.9 Å². The van der Waals surface area contributed by atoms with Crippen LogP contribution < -0.4 is 0 Å². The molecule has 218 valence electrons. The number of rotatable bonds is 3. The number of nitrogens with zero attached hydrogens (tertiary/aromatic N) is 4. The summed E-state index contributed by atoms with van der Waals surface area (Å²) < 4.78 is 6.51. The lowest BCUT2D eigenvalue weighted by molar-refractivity contribution is 0.669. The first-order valence-corrected chi connectivity index (χ1v) is 15.6.